The largest absolute Gasteiger partial charge is 0.444 e. The molecule has 6 heteroatoms. The zero-order chi connectivity index (χ0) is 16.5. The Kier molecular flexibility index (Phi) is 4.02. The molecule has 0 radical (unpaired) electrons. The maximum atomic E-state index is 12.1. The molecule has 2 aliphatic rings. The minimum atomic E-state index is -0.580. The normalized spacial score (nSPS) is 20.1. The van der Waals surface area contributed by atoms with Crippen molar-refractivity contribution in [2.75, 3.05) is 13.1 Å². The molecule has 2 heterocycles. The molecule has 1 saturated heterocycles. The highest BCUT2D eigenvalue weighted by molar-refractivity contribution is 5.99. The highest BCUT2D eigenvalue weighted by Gasteiger charge is 2.42. The van der Waals surface area contributed by atoms with Crippen LogP contribution in [0, 0.1) is 0 Å². The number of carbonyl (C=O) groups is 1. The van der Waals surface area contributed by atoms with Crippen molar-refractivity contribution in [3.63, 3.8) is 0 Å². The molecule has 3 rings (SSSR count). The maximum absolute atomic E-state index is 12.1. The van der Waals surface area contributed by atoms with E-state index in [4.69, 9.17) is 14.6 Å². The van der Waals surface area contributed by atoms with Crippen molar-refractivity contribution in [2.24, 2.45) is 4.99 Å². The molecule has 1 aromatic carbocycles. The molecule has 0 aromatic heterocycles. The maximum Gasteiger partial charge on any atom is 0.410 e. The molecule has 1 aromatic rings. The number of benzene rings is 1. The monoisotopic (exact) mass is 317 g/mol. The van der Waals surface area contributed by atoms with E-state index in [0.29, 0.717) is 25.9 Å². The molecule has 1 spiro atoms. The number of piperidine rings is 1. The molecule has 0 aliphatic carbocycles. The van der Waals surface area contributed by atoms with Gasteiger partial charge in [-0.15, -0.1) is 0 Å². The summed E-state index contributed by atoms with van der Waals surface area (Å²) in [4.78, 5) is 24.3. The second-order valence-electron chi connectivity index (χ2n) is 6.94. The van der Waals surface area contributed by atoms with Gasteiger partial charge in [0.25, 0.3) is 0 Å². The number of hydrogen-bond acceptors (Lipinski definition) is 5. The zero-order valence-electron chi connectivity index (χ0n) is 13.8. The van der Waals surface area contributed by atoms with Crippen LogP contribution in [0.5, 0.6) is 0 Å². The van der Waals surface area contributed by atoms with Crippen LogP contribution in [0.15, 0.2) is 35.3 Å². The molecule has 6 nitrogen and oxygen atoms in total. The summed E-state index contributed by atoms with van der Waals surface area (Å²) in [6.45, 7) is 6.76. The van der Waals surface area contributed by atoms with Crippen molar-refractivity contribution in [1.29, 1.82) is 0 Å². The Balaban J connectivity index is 1.63. The highest BCUT2D eigenvalue weighted by atomic mass is 16.7. The van der Waals surface area contributed by atoms with Gasteiger partial charge in [0.15, 0.2) is 11.6 Å². The third-order valence-corrected chi connectivity index (χ3v) is 3.90. The molecular formula is C17H23N3O3. The topological polar surface area (TPSA) is 63.2 Å². The molecule has 124 valence electrons. The number of amides is 1. The van der Waals surface area contributed by atoms with Crippen molar-refractivity contribution in [1.82, 2.24) is 10.4 Å². The van der Waals surface area contributed by atoms with Crippen LogP contribution >= 0.6 is 0 Å². The fourth-order valence-electron chi connectivity index (χ4n) is 2.69. The van der Waals surface area contributed by atoms with Crippen LogP contribution in [0.4, 0.5) is 4.79 Å². The predicted octanol–water partition coefficient (Wildman–Crippen LogP) is 2.70. The number of amidine groups is 1. The zero-order valence-corrected chi connectivity index (χ0v) is 13.8. The van der Waals surface area contributed by atoms with Crippen LogP contribution in [0.25, 0.3) is 0 Å². The third kappa shape index (κ3) is 3.64. The second-order valence-corrected chi connectivity index (χ2v) is 6.94. The second kappa shape index (κ2) is 5.85. The summed E-state index contributed by atoms with van der Waals surface area (Å²) >= 11 is 0. The number of hydrogen-bond donors (Lipinski definition) is 1. The van der Waals surface area contributed by atoms with Crippen LogP contribution in [-0.4, -0.2) is 41.2 Å². The van der Waals surface area contributed by atoms with E-state index < -0.39 is 11.3 Å². The van der Waals surface area contributed by atoms with Crippen molar-refractivity contribution in [3.05, 3.63) is 35.9 Å². The molecule has 23 heavy (non-hydrogen) atoms. The van der Waals surface area contributed by atoms with E-state index in [1.165, 1.54) is 0 Å². The fourth-order valence-corrected chi connectivity index (χ4v) is 2.69. The van der Waals surface area contributed by atoms with Crippen LogP contribution < -0.4 is 5.48 Å². The average Bonchev–Trinajstić information content (AvgIpc) is 2.91. The molecule has 2 aliphatic heterocycles. The van der Waals surface area contributed by atoms with Gasteiger partial charge in [-0.25, -0.2) is 20.1 Å². The number of aliphatic imine (C=N–C) groups is 1. The molecule has 0 unspecified atom stereocenters. The first-order chi connectivity index (χ1) is 10.9. The predicted molar refractivity (Wildman–Crippen MR) is 87.0 cm³/mol. The van der Waals surface area contributed by atoms with Gasteiger partial charge in [0, 0.05) is 31.5 Å². The van der Waals surface area contributed by atoms with Crippen molar-refractivity contribution in [3.8, 4) is 0 Å². The first kappa shape index (κ1) is 15.8. The Bertz CT molecular complexity index is 599. The minimum Gasteiger partial charge on any atom is -0.444 e. The summed E-state index contributed by atoms with van der Waals surface area (Å²) in [5, 5.41) is 0. The van der Waals surface area contributed by atoms with Gasteiger partial charge < -0.3 is 9.64 Å². The summed E-state index contributed by atoms with van der Waals surface area (Å²) in [5.41, 5.74) is 2.87. The SMILES string of the molecule is CC(C)(C)OC(=O)N1CCC2(CC1)N=C(c1ccccc1)NO2. The van der Waals surface area contributed by atoms with E-state index >= 15 is 0 Å². The highest BCUT2D eigenvalue weighted by Crippen LogP contribution is 2.31. The Labute approximate surface area is 136 Å². The van der Waals surface area contributed by atoms with Crippen LogP contribution in [0.3, 0.4) is 0 Å². The van der Waals surface area contributed by atoms with Crippen LogP contribution in [0.1, 0.15) is 39.2 Å². The number of nitrogens with one attached hydrogen (secondary N) is 1. The first-order valence-corrected chi connectivity index (χ1v) is 7.94. The molecule has 1 amide bonds. The van der Waals surface area contributed by atoms with Crippen LogP contribution in [-0.2, 0) is 9.57 Å². The fraction of sp³-hybridized carbons (Fsp3) is 0.529. The van der Waals surface area contributed by atoms with Crippen molar-refractivity contribution in [2.45, 2.75) is 44.9 Å². The summed E-state index contributed by atoms with van der Waals surface area (Å²) in [5.74, 6) is 0.747. The third-order valence-electron chi connectivity index (χ3n) is 3.90. The van der Waals surface area contributed by atoms with E-state index in [1.807, 2.05) is 51.1 Å². The summed E-state index contributed by atoms with van der Waals surface area (Å²) in [7, 11) is 0. The smallest absolute Gasteiger partial charge is 0.410 e. The van der Waals surface area contributed by atoms with E-state index in [1.54, 1.807) is 4.90 Å². The lowest BCUT2D eigenvalue weighted by atomic mass is 10.0. The lowest BCUT2D eigenvalue weighted by Gasteiger charge is -2.36. The lowest BCUT2D eigenvalue weighted by Crippen LogP contribution is -2.48. The number of carbonyl (C=O) groups excluding carboxylic acids is 1. The quantitative estimate of drug-likeness (QED) is 0.865. The molecular weight excluding hydrogens is 294 g/mol. The average molecular weight is 317 g/mol. The molecule has 1 fully saturated rings. The van der Waals surface area contributed by atoms with E-state index in [2.05, 4.69) is 5.48 Å². The lowest BCUT2D eigenvalue weighted by molar-refractivity contribution is -0.0893. The van der Waals surface area contributed by atoms with Gasteiger partial charge in [0.05, 0.1) is 0 Å². The number of rotatable bonds is 1. The Hall–Kier alpha value is -2.08. The number of likely N-dealkylation sites (tertiary alicyclic amines) is 1. The summed E-state index contributed by atoms with van der Waals surface area (Å²) in [6, 6.07) is 9.88. The molecule has 1 N–H and O–H groups in total. The van der Waals surface area contributed by atoms with Gasteiger partial charge in [-0.2, -0.15) is 0 Å². The first-order valence-electron chi connectivity index (χ1n) is 7.94. The Morgan fingerprint density at radius 3 is 2.52 bits per heavy atom. The van der Waals surface area contributed by atoms with Crippen molar-refractivity contribution >= 4 is 11.9 Å². The number of nitrogens with zero attached hydrogens (tertiary/aromatic N) is 2. The number of hydroxylamine groups is 1. The Morgan fingerprint density at radius 2 is 1.91 bits per heavy atom. The van der Waals surface area contributed by atoms with Gasteiger partial charge in [0.1, 0.15) is 5.60 Å². The molecule has 0 atom stereocenters. The van der Waals surface area contributed by atoms with Gasteiger partial charge >= 0.3 is 6.09 Å². The van der Waals surface area contributed by atoms with Gasteiger partial charge in [0.2, 0.25) is 0 Å². The van der Waals surface area contributed by atoms with E-state index in [9.17, 15) is 4.79 Å². The summed E-state index contributed by atoms with van der Waals surface area (Å²) in [6.07, 6.45) is 1.02. The standard InChI is InChI=1S/C17H23N3O3/c1-16(2,3)22-15(21)20-11-9-17(10-12-20)18-14(19-23-17)13-7-5-4-6-8-13/h4-8H,9-12H2,1-3H3,(H,18,19). The van der Waals surface area contributed by atoms with Gasteiger partial charge in [-0.1, -0.05) is 30.3 Å². The van der Waals surface area contributed by atoms with E-state index in [0.717, 1.165) is 11.4 Å². The minimum absolute atomic E-state index is 0.273. The van der Waals surface area contributed by atoms with Crippen LogP contribution in [0.2, 0.25) is 0 Å². The van der Waals surface area contributed by atoms with Crippen molar-refractivity contribution < 1.29 is 14.4 Å². The molecule has 0 bridgehead atoms. The number of ether oxygens (including phenoxy) is 1. The van der Waals surface area contributed by atoms with Gasteiger partial charge in [-0.3, -0.25) is 0 Å². The Morgan fingerprint density at radius 1 is 1.26 bits per heavy atom. The molecule has 0 saturated carbocycles. The van der Waals surface area contributed by atoms with Gasteiger partial charge in [-0.05, 0) is 20.8 Å². The summed E-state index contributed by atoms with van der Waals surface area (Å²) < 4.78 is 5.41. The van der Waals surface area contributed by atoms with E-state index in [-0.39, 0.29) is 6.09 Å².